The van der Waals surface area contributed by atoms with E-state index in [0.29, 0.717) is 42.9 Å². The number of hydrogen-bond acceptors (Lipinski definition) is 5. The van der Waals surface area contributed by atoms with Crippen LogP contribution in [0.1, 0.15) is 39.9 Å². The average Bonchev–Trinajstić information content (AvgIpc) is 3.12. The fraction of sp³-hybridized carbons (Fsp3) is 0.438. The molecule has 2 N–H and O–H groups in total. The summed E-state index contributed by atoms with van der Waals surface area (Å²) in [5, 5.41) is 11.8. The number of fused-ring (bicyclic) bond motifs is 3. The van der Waals surface area contributed by atoms with Gasteiger partial charge in [0.05, 0.1) is 19.8 Å². The molecule has 1 aromatic carbocycles. The molecule has 3 heterocycles. The lowest BCUT2D eigenvalue weighted by Gasteiger charge is -2.29. The van der Waals surface area contributed by atoms with Crippen LogP contribution in [0.2, 0.25) is 0 Å². The van der Waals surface area contributed by atoms with Gasteiger partial charge in [0.1, 0.15) is 11.8 Å². The van der Waals surface area contributed by atoms with Crippen molar-refractivity contribution in [2.24, 2.45) is 0 Å². The van der Waals surface area contributed by atoms with Crippen LogP contribution in [-0.4, -0.2) is 40.4 Å². The van der Waals surface area contributed by atoms with Gasteiger partial charge in [0, 0.05) is 29.5 Å². The van der Waals surface area contributed by atoms with Crippen LogP contribution in [0, 0.1) is 0 Å². The summed E-state index contributed by atoms with van der Waals surface area (Å²) in [6.07, 6.45) is 1.28. The van der Waals surface area contributed by atoms with Crippen molar-refractivity contribution in [2.45, 2.75) is 38.5 Å². The van der Waals surface area contributed by atoms with E-state index in [1.165, 1.54) is 4.90 Å². The zero-order chi connectivity index (χ0) is 16.1. The van der Waals surface area contributed by atoms with E-state index in [-0.39, 0.29) is 24.8 Å². The molecule has 120 valence electrons. The van der Waals surface area contributed by atoms with Crippen LogP contribution in [0.4, 0.5) is 0 Å². The number of rotatable bonds is 2. The Bertz CT molecular complexity index is 742. The first-order valence-corrected chi connectivity index (χ1v) is 7.66. The smallest absolute Gasteiger partial charge is 0.255 e. The summed E-state index contributed by atoms with van der Waals surface area (Å²) in [4.78, 5) is 37.5. The molecular weight excluding hydrogens is 300 g/mol. The summed E-state index contributed by atoms with van der Waals surface area (Å²) in [5.41, 5.74) is 2.92. The molecule has 3 aliphatic rings. The van der Waals surface area contributed by atoms with E-state index in [2.05, 4.69) is 5.32 Å². The maximum atomic E-state index is 12.7. The number of ether oxygens (including phenoxy) is 1. The van der Waals surface area contributed by atoms with Gasteiger partial charge < -0.3 is 14.7 Å². The van der Waals surface area contributed by atoms with E-state index in [1.54, 1.807) is 6.07 Å². The number of imide groups is 1. The van der Waals surface area contributed by atoms with Gasteiger partial charge in [0.2, 0.25) is 11.8 Å². The first-order valence-electron chi connectivity index (χ1n) is 7.66. The molecule has 1 saturated heterocycles. The Morgan fingerprint density at radius 1 is 1.26 bits per heavy atom. The predicted molar refractivity (Wildman–Crippen MR) is 77.6 cm³/mol. The van der Waals surface area contributed by atoms with Crippen molar-refractivity contribution >= 4 is 17.7 Å². The Morgan fingerprint density at radius 2 is 2.09 bits per heavy atom. The molecule has 0 aliphatic carbocycles. The summed E-state index contributed by atoms with van der Waals surface area (Å²) >= 11 is 0. The van der Waals surface area contributed by atoms with Crippen LogP contribution >= 0.6 is 0 Å². The highest BCUT2D eigenvalue weighted by Gasteiger charge is 2.41. The number of aliphatic hydroxyl groups excluding tert-OH is 1. The maximum Gasteiger partial charge on any atom is 0.255 e. The normalized spacial score (nSPS) is 22.7. The first-order chi connectivity index (χ1) is 11.1. The first kappa shape index (κ1) is 14.2. The number of hydrogen-bond donors (Lipinski definition) is 2. The fourth-order valence-electron chi connectivity index (χ4n) is 3.62. The minimum atomic E-state index is -0.637. The van der Waals surface area contributed by atoms with Gasteiger partial charge in [-0.25, -0.2) is 0 Å². The molecule has 0 spiro atoms. The molecule has 7 heteroatoms. The molecule has 0 bridgehead atoms. The van der Waals surface area contributed by atoms with E-state index in [9.17, 15) is 19.5 Å². The zero-order valence-electron chi connectivity index (χ0n) is 12.4. The SMILES string of the molecule is O=C1CCC(N2Cc3c(cc(CO)c4c3OCC4)C2=O)C(=O)N1. The Hall–Kier alpha value is -2.41. The van der Waals surface area contributed by atoms with Crippen molar-refractivity contribution in [3.05, 3.63) is 28.3 Å². The molecule has 0 saturated carbocycles. The second-order valence-electron chi connectivity index (χ2n) is 6.03. The van der Waals surface area contributed by atoms with Gasteiger partial charge in [-0.05, 0) is 18.1 Å². The van der Waals surface area contributed by atoms with Gasteiger partial charge in [-0.15, -0.1) is 0 Å². The summed E-state index contributed by atoms with van der Waals surface area (Å²) in [6.45, 7) is 0.685. The van der Waals surface area contributed by atoms with Crippen LogP contribution in [0.3, 0.4) is 0 Å². The van der Waals surface area contributed by atoms with Crippen LogP contribution in [0.15, 0.2) is 6.07 Å². The Labute approximate surface area is 132 Å². The van der Waals surface area contributed by atoms with Crippen molar-refractivity contribution in [3.8, 4) is 5.75 Å². The maximum absolute atomic E-state index is 12.7. The summed E-state index contributed by atoms with van der Waals surface area (Å²) in [7, 11) is 0. The largest absolute Gasteiger partial charge is 0.493 e. The molecule has 1 unspecified atom stereocenters. The van der Waals surface area contributed by atoms with E-state index in [1.807, 2.05) is 0 Å². The monoisotopic (exact) mass is 316 g/mol. The van der Waals surface area contributed by atoms with E-state index in [4.69, 9.17) is 4.74 Å². The number of aliphatic hydroxyl groups is 1. The lowest BCUT2D eigenvalue weighted by molar-refractivity contribution is -0.136. The highest BCUT2D eigenvalue weighted by Crippen LogP contribution is 2.40. The molecule has 1 aromatic rings. The van der Waals surface area contributed by atoms with Gasteiger partial charge in [-0.1, -0.05) is 0 Å². The van der Waals surface area contributed by atoms with Crippen molar-refractivity contribution in [1.82, 2.24) is 10.2 Å². The minimum absolute atomic E-state index is 0.148. The number of piperidine rings is 1. The molecule has 0 aromatic heterocycles. The third kappa shape index (κ3) is 2.03. The van der Waals surface area contributed by atoms with Crippen molar-refractivity contribution in [1.29, 1.82) is 0 Å². The molecule has 0 radical (unpaired) electrons. The summed E-state index contributed by atoms with van der Waals surface area (Å²) in [5.74, 6) is -0.304. The fourth-order valence-corrected chi connectivity index (χ4v) is 3.62. The van der Waals surface area contributed by atoms with Gasteiger partial charge in [0.15, 0.2) is 0 Å². The number of nitrogens with one attached hydrogen (secondary N) is 1. The van der Waals surface area contributed by atoms with Crippen molar-refractivity contribution < 1.29 is 24.2 Å². The molecule has 1 atom stereocenters. The molecule has 7 nitrogen and oxygen atoms in total. The number of nitrogens with zero attached hydrogens (tertiary/aromatic N) is 1. The van der Waals surface area contributed by atoms with E-state index >= 15 is 0 Å². The molecule has 23 heavy (non-hydrogen) atoms. The third-order valence-electron chi connectivity index (χ3n) is 4.75. The topological polar surface area (TPSA) is 95.9 Å². The highest BCUT2D eigenvalue weighted by atomic mass is 16.5. The van der Waals surface area contributed by atoms with Gasteiger partial charge >= 0.3 is 0 Å². The molecule has 4 rings (SSSR count). The summed E-state index contributed by atoms with van der Waals surface area (Å²) < 4.78 is 5.67. The predicted octanol–water partition coefficient (Wildman–Crippen LogP) is -0.125. The average molecular weight is 316 g/mol. The van der Waals surface area contributed by atoms with Gasteiger partial charge in [-0.3, -0.25) is 19.7 Å². The second kappa shape index (κ2) is 5.06. The van der Waals surface area contributed by atoms with Crippen molar-refractivity contribution in [3.63, 3.8) is 0 Å². The minimum Gasteiger partial charge on any atom is -0.493 e. The molecular formula is C16H16N2O5. The highest BCUT2D eigenvalue weighted by molar-refractivity contribution is 6.06. The van der Waals surface area contributed by atoms with Crippen LogP contribution in [-0.2, 0) is 29.2 Å². The summed E-state index contributed by atoms with van der Waals surface area (Å²) in [6, 6.07) is 1.07. The van der Waals surface area contributed by atoms with Crippen LogP contribution in [0.25, 0.3) is 0 Å². The van der Waals surface area contributed by atoms with Crippen LogP contribution in [0.5, 0.6) is 5.75 Å². The number of carbonyl (C=O) groups is 3. The van der Waals surface area contributed by atoms with Crippen LogP contribution < -0.4 is 10.1 Å². The second-order valence-corrected chi connectivity index (χ2v) is 6.03. The van der Waals surface area contributed by atoms with Gasteiger partial charge in [0.25, 0.3) is 5.91 Å². The van der Waals surface area contributed by atoms with Gasteiger partial charge in [-0.2, -0.15) is 0 Å². The Morgan fingerprint density at radius 3 is 2.83 bits per heavy atom. The third-order valence-corrected chi connectivity index (χ3v) is 4.75. The Kier molecular flexibility index (Phi) is 3.12. The number of carbonyl (C=O) groups excluding carboxylic acids is 3. The Balaban J connectivity index is 1.71. The lowest BCUT2D eigenvalue weighted by Crippen LogP contribution is -2.52. The zero-order valence-corrected chi connectivity index (χ0v) is 12.4. The quantitative estimate of drug-likeness (QED) is 0.741. The molecule has 1 fully saturated rings. The standard InChI is InChI=1S/C16H16N2O5/c19-7-8-5-10-11(14-9(8)3-4-23-14)6-18(16(10)22)12-1-2-13(20)17-15(12)21/h5,12,19H,1-4,6-7H2,(H,17,20,21). The molecule has 3 aliphatic heterocycles. The number of benzene rings is 1. The molecule has 3 amide bonds. The van der Waals surface area contributed by atoms with E-state index < -0.39 is 11.9 Å². The lowest BCUT2D eigenvalue weighted by atomic mass is 9.98. The number of amides is 3. The van der Waals surface area contributed by atoms with Crippen molar-refractivity contribution in [2.75, 3.05) is 6.61 Å². The van der Waals surface area contributed by atoms with E-state index in [0.717, 1.165) is 11.1 Å².